The lowest BCUT2D eigenvalue weighted by atomic mass is 9.87. The highest BCUT2D eigenvalue weighted by Crippen LogP contribution is 2.25. The minimum Gasteiger partial charge on any atom is -0.457 e. The minimum absolute atomic E-state index is 0. The van der Waals surface area contributed by atoms with E-state index in [2.05, 4.69) is 5.32 Å². The van der Waals surface area contributed by atoms with Crippen molar-refractivity contribution in [2.24, 2.45) is 11.1 Å². The Bertz CT molecular complexity index is 873. The standard InChI is InChI=1S/C19H24N2O4S.ClH/c1-19(2,3)17(20)18(22)21-13-5-7-14(8-6-13)25-15-9-11-16(12-10-15)26(4,23)24;/h5-12,17H,20H2,1-4H3,(H,21,22);1H/t17-;/m1./s1. The molecule has 3 N–H and O–H groups in total. The van der Waals surface area contributed by atoms with E-state index in [1.165, 1.54) is 12.1 Å². The molecule has 2 aromatic rings. The maximum atomic E-state index is 12.1. The molecule has 1 amide bonds. The van der Waals surface area contributed by atoms with E-state index in [1.807, 2.05) is 20.8 Å². The van der Waals surface area contributed by atoms with Gasteiger partial charge in [-0.25, -0.2) is 8.42 Å². The van der Waals surface area contributed by atoms with Crippen molar-refractivity contribution in [2.45, 2.75) is 31.7 Å². The fourth-order valence-corrected chi connectivity index (χ4v) is 2.74. The highest BCUT2D eigenvalue weighted by Gasteiger charge is 2.27. The Labute approximate surface area is 166 Å². The van der Waals surface area contributed by atoms with Crippen LogP contribution in [0.5, 0.6) is 11.5 Å². The third-order valence-corrected chi connectivity index (χ3v) is 4.95. The Morgan fingerprint density at radius 1 is 1.00 bits per heavy atom. The van der Waals surface area contributed by atoms with Crippen LogP contribution in [0.2, 0.25) is 0 Å². The summed E-state index contributed by atoms with van der Waals surface area (Å²) < 4.78 is 28.6. The molecule has 0 saturated carbocycles. The quantitative estimate of drug-likeness (QED) is 0.781. The van der Waals surface area contributed by atoms with Gasteiger partial charge >= 0.3 is 0 Å². The normalized spacial score (nSPS) is 12.6. The Morgan fingerprint density at radius 2 is 1.44 bits per heavy atom. The molecule has 0 fully saturated rings. The number of sulfone groups is 1. The zero-order valence-corrected chi connectivity index (χ0v) is 17.4. The summed E-state index contributed by atoms with van der Waals surface area (Å²) in [5.41, 5.74) is 6.23. The molecular formula is C19H25ClN2O4S. The van der Waals surface area contributed by atoms with Crippen LogP contribution >= 0.6 is 12.4 Å². The molecule has 27 heavy (non-hydrogen) atoms. The van der Waals surface area contributed by atoms with Gasteiger partial charge in [0.1, 0.15) is 11.5 Å². The molecular weight excluding hydrogens is 388 g/mol. The molecule has 0 radical (unpaired) electrons. The summed E-state index contributed by atoms with van der Waals surface area (Å²) in [4.78, 5) is 12.4. The Balaban J connectivity index is 0.00000364. The first-order valence-electron chi connectivity index (χ1n) is 8.11. The number of halogens is 1. The van der Waals surface area contributed by atoms with E-state index in [4.69, 9.17) is 10.5 Å². The number of hydrogen-bond acceptors (Lipinski definition) is 5. The van der Waals surface area contributed by atoms with Gasteiger partial charge in [-0.05, 0) is 53.9 Å². The van der Waals surface area contributed by atoms with Crippen molar-refractivity contribution in [2.75, 3.05) is 11.6 Å². The number of ether oxygens (including phenoxy) is 1. The summed E-state index contributed by atoms with van der Waals surface area (Å²) >= 11 is 0. The lowest BCUT2D eigenvalue weighted by Gasteiger charge is -2.25. The van der Waals surface area contributed by atoms with Gasteiger partial charge in [-0.2, -0.15) is 0 Å². The largest absolute Gasteiger partial charge is 0.457 e. The number of nitrogens with one attached hydrogen (secondary N) is 1. The first-order chi connectivity index (χ1) is 12.0. The maximum Gasteiger partial charge on any atom is 0.241 e. The number of carbonyl (C=O) groups is 1. The fourth-order valence-electron chi connectivity index (χ4n) is 2.11. The summed E-state index contributed by atoms with van der Waals surface area (Å²) in [6.07, 6.45) is 1.15. The van der Waals surface area contributed by atoms with E-state index in [9.17, 15) is 13.2 Å². The van der Waals surface area contributed by atoms with Crippen LogP contribution in [0.3, 0.4) is 0 Å². The predicted molar refractivity (Wildman–Crippen MR) is 109 cm³/mol. The van der Waals surface area contributed by atoms with Crippen molar-refractivity contribution in [3.05, 3.63) is 48.5 Å². The molecule has 0 aliphatic rings. The van der Waals surface area contributed by atoms with E-state index >= 15 is 0 Å². The van der Waals surface area contributed by atoms with Crippen molar-refractivity contribution < 1.29 is 17.9 Å². The molecule has 8 heteroatoms. The monoisotopic (exact) mass is 412 g/mol. The number of rotatable bonds is 5. The maximum absolute atomic E-state index is 12.1. The van der Waals surface area contributed by atoms with Gasteiger partial charge in [-0.1, -0.05) is 20.8 Å². The van der Waals surface area contributed by atoms with Crippen molar-refractivity contribution in [3.63, 3.8) is 0 Å². The van der Waals surface area contributed by atoms with Gasteiger partial charge < -0.3 is 15.8 Å². The second kappa shape index (κ2) is 8.73. The molecule has 148 valence electrons. The molecule has 0 aromatic heterocycles. The van der Waals surface area contributed by atoms with Crippen LogP contribution in [0.4, 0.5) is 5.69 Å². The SMILES string of the molecule is CC(C)(C)[C@H](N)C(=O)Nc1ccc(Oc2ccc(S(C)(=O)=O)cc2)cc1.Cl. The average Bonchev–Trinajstić information content (AvgIpc) is 2.54. The molecule has 0 spiro atoms. The number of carbonyl (C=O) groups excluding carboxylic acids is 1. The van der Waals surface area contributed by atoms with Gasteiger partial charge in [-0.15, -0.1) is 12.4 Å². The second-order valence-corrected chi connectivity index (χ2v) is 9.22. The smallest absolute Gasteiger partial charge is 0.241 e. The van der Waals surface area contributed by atoms with Gasteiger partial charge in [0.05, 0.1) is 10.9 Å². The highest BCUT2D eigenvalue weighted by molar-refractivity contribution is 7.90. The van der Waals surface area contributed by atoms with Gasteiger partial charge in [0.15, 0.2) is 9.84 Å². The second-order valence-electron chi connectivity index (χ2n) is 7.20. The fraction of sp³-hybridized carbons (Fsp3) is 0.316. The van der Waals surface area contributed by atoms with Crippen LogP contribution in [-0.4, -0.2) is 26.6 Å². The van der Waals surface area contributed by atoms with Crippen LogP contribution in [-0.2, 0) is 14.6 Å². The van der Waals surface area contributed by atoms with Crippen molar-refractivity contribution in [3.8, 4) is 11.5 Å². The van der Waals surface area contributed by atoms with Gasteiger partial charge in [0, 0.05) is 11.9 Å². The molecule has 0 unspecified atom stereocenters. The van der Waals surface area contributed by atoms with Crippen molar-refractivity contribution in [1.29, 1.82) is 0 Å². The molecule has 0 bridgehead atoms. The molecule has 2 rings (SSSR count). The highest BCUT2D eigenvalue weighted by atomic mass is 35.5. The lowest BCUT2D eigenvalue weighted by Crippen LogP contribution is -2.45. The summed E-state index contributed by atoms with van der Waals surface area (Å²) in [5, 5.41) is 2.78. The zero-order chi connectivity index (χ0) is 19.5. The van der Waals surface area contributed by atoms with Crippen LogP contribution in [0, 0.1) is 5.41 Å². The van der Waals surface area contributed by atoms with E-state index in [0.717, 1.165) is 6.26 Å². The molecule has 2 aromatic carbocycles. The number of benzene rings is 2. The van der Waals surface area contributed by atoms with Gasteiger partial charge in [0.25, 0.3) is 0 Å². The van der Waals surface area contributed by atoms with E-state index in [0.29, 0.717) is 17.2 Å². The van der Waals surface area contributed by atoms with Gasteiger partial charge in [0.2, 0.25) is 5.91 Å². The molecule has 6 nitrogen and oxygen atoms in total. The summed E-state index contributed by atoms with van der Waals surface area (Å²) in [6.45, 7) is 5.72. The van der Waals surface area contributed by atoms with E-state index in [1.54, 1.807) is 36.4 Å². The number of hydrogen-bond donors (Lipinski definition) is 2. The van der Waals surface area contributed by atoms with E-state index < -0.39 is 15.9 Å². The molecule has 0 heterocycles. The number of anilines is 1. The Morgan fingerprint density at radius 3 is 1.85 bits per heavy atom. The minimum atomic E-state index is -3.23. The zero-order valence-electron chi connectivity index (χ0n) is 15.7. The van der Waals surface area contributed by atoms with E-state index in [-0.39, 0.29) is 28.6 Å². The van der Waals surface area contributed by atoms with Crippen LogP contribution in [0.25, 0.3) is 0 Å². The first kappa shape index (κ1) is 23.0. The summed E-state index contributed by atoms with van der Waals surface area (Å²) in [7, 11) is -3.23. The molecule has 0 saturated heterocycles. The van der Waals surface area contributed by atoms with Crippen molar-refractivity contribution in [1.82, 2.24) is 0 Å². The third-order valence-electron chi connectivity index (χ3n) is 3.82. The number of nitrogens with two attached hydrogens (primary N) is 1. The molecule has 0 aliphatic carbocycles. The molecule has 0 aliphatic heterocycles. The van der Waals surface area contributed by atoms with Crippen LogP contribution in [0.1, 0.15) is 20.8 Å². The number of amides is 1. The lowest BCUT2D eigenvalue weighted by molar-refractivity contribution is -0.119. The average molecular weight is 413 g/mol. The Hall–Kier alpha value is -2.09. The third kappa shape index (κ3) is 6.53. The topological polar surface area (TPSA) is 98.5 Å². The predicted octanol–water partition coefficient (Wildman–Crippen LogP) is 3.62. The van der Waals surface area contributed by atoms with Crippen LogP contribution < -0.4 is 15.8 Å². The molecule has 1 atom stereocenters. The van der Waals surface area contributed by atoms with Gasteiger partial charge in [-0.3, -0.25) is 4.79 Å². The van der Waals surface area contributed by atoms with Crippen LogP contribution in [0.15, 0.2) is 53.4 Å². The summed E-state index contributed by atoms with van der Waals surface area (Å²) in [5.74, 6) is 0.835. The summed E-state index contributed by atoms with van der Waals surface area (Å²) in [6, 6.07) is 12.4. The van der Waals surface area contributed by atoms with Crippen molar-refractivity contribution >= 4 is 33.8 Å². The Kier molecular flexibility index (Phi) is 7.42. The first-order valence-corrected chi connectivity index (χ1v) is 10.0.